The van der Waals surface area contributed by atoms with Gasteiger partial charge in [-0.1, -0.05) is 0 Å². The number of nitrogens with zero attached hydrogens (tertiary/aromatic N) is 1. The molecule has 0 aromatic heterocycles. The van der Waals surface area contributed by atoms with Crippen LogP contribution in [0.2, 0.25) is 0 Å². The van der Waals surface area contributed by atoms with Gasteiger partial charge >= 0.3 is 5.97 Å². The summed E-state index contributed by atoms with van der Waals surface area (Å²) in [5.74, 6) is -0.495. The van der Waals surface area contributed by atoms with Gasteiger partial charge in [-0.25, -0.2) is 0 Å². The molecule has 1 atom stereocenters. The third kappa shape index (κ3) is 3.84. The zero-order chi connectivity index (χ0) is 9.07. The van der Waals surface area contributed by atoms with Crippen LogP contribution in [-0.4, -0.2) is 16.9 Å². The van der Waals surface area contributed by atoms with Gasteiger partial charge in [0.05, 0.1) is 4.87 Å². The summed E-state index contributed by atoms with van der Waals surface area (Å²) in [6.45, 7) is 4.48. The molecule has 0 saturated heterocycles. The van der Waals surface area contributed by atoms with Crippen LogP contribution in [0.3, 0.4) is 0 Å². The number of esters is 1. The minimum Gasteiger partial charge on any atom is -0.445 e. The molecule has 0 N–H and O–H groups in total. The number of alkyl halides is 1. The van der Waals surface area contributed by atoms with Crippen molar-refractivity contribution in [3.8, 4) is 6.07 Å². The number of rotatable bonds is 2. The Morgan fingerprint density at radius 1 is 1.73 bits per heavy atom. The predicted octanol–water partition coefficient (Wildman–Crippen LogP) is 1.46. The fraction of sp³-hybridized carbons (Fsp3) is 0.714. The Morgan fingerprint density at radius 2 is 2.18 bits per heavy atom. The van der Waals surface area contributed by atoms with Gasteiger partial charge in [0.25, 0.3) is 0 Å². The molecular weight excluding hydrogens is 166 g/mol. The van der Waals surface area contributed by atoms with E-state index in [1.165, 1.54) is 6.92 Å². The second kappa shape index (κ2) is 3.59. The first-order valence-corrected chi connectivity index (χ1v) is 3.51. The quantitative estimate of drug-likeness (QED) is 0.472. The second-order valence-electron chi connectivity index (χ2n) is 2.68. The molecule has 0 spiro atoms. The van der Waals surface area contributed by atoms with Crippen molar-refractivity contribution < 1.29 is 9.53 Å². The van der Waals surface area contributed by atoms with Crippen LogP contribution >= 0.6 is 11.6 Å². The minimum absolute atomic E-state index is 0.495. The molecule has 0 aromatic carbocycles. The molecule has 0 heterocycles. The van der Waals surface area contributed by atoms with Crippen molar-refractivity contribution in [1.82, 2.24) is 0 Å². The molecule has 0 radical (unpaired) electrons. The maximum Gasteiger partial charge on any atom is 0.304 e. The lowest BCUT2D eigenvalue weighted by Crippen LogP contribution is -2.33. The summed E-state index contributed by atoms with van der Waals surface area (Å²) in [6.07, 6.45) is -0.887. The van der Waals surface area contributed by atoms with Crippen molar-refractivity contribution in [2.75, 3.05) is 0 Å². The molecule has 0 aromatic rings. The highest BCUT2D eigenvalue weighted by Crippen LogP contribution is 2.20. The van der Waals surface area contributed by atoms with E-state index < -0.39 is 16.9 Å². The molecule has 0 aliphatic carbocycles. The highest BCUT2D eigenvalue weighted by molar-refractivity contribution is 6.24. The summed E-state index contributed by atoms with van der Waals surface area (Å²) in [5, 5.41) is 8.50. The van der Waals surface area contributed by atoms with E-state index in [0.717, 1.165) is 0 Å². The highest BCUT2D eigenvalue weighted by Gasteiger charge is 2.29. The fourth-order valence-electron chi connectivity index (χ4n) is 0.486. The average Bonchev–Trinajstić information content (AvgIpc) is 1.79. The molecule has 3 nitrogen and oxygen atoms in total. The first kappa shape index (κ1) is 10.2. The molecule has 0 aliphatic heterocycles. The summed E-state index contributed by atoms with van der Waals surface area (Å²) in [5.41, 5.74) is 0. The number of carbonyl (C=O) groups is 1. The van der Waals surface area contributed by atoms with Gasteiger partial charge in [0.2, 0.25) is 6.10 Å². The number of halogens is 1. The first-order valence-electron chi connectivity index (χ1n) is 3.13. The number of hydrogen-bond donors (Lipinski definition) is 0. The van der Waals surface area contributed by atoms with Crippen molar-refractivity contribution in [3.05, 3.63) is 0 Å². The Labute approximate surface area is 70.9 Å². The normalized spacial score (nSPS) is 13.4. The maximum atomic E-state index is 10.4. The van der Waals surface area contributed by atoms with Gasteiger partial charge in [-0.15, -0.1) is 11.6 Å². The zero-order valence-corrected chi connectivity index (χ0v) is 7.47. The lowest BCUT2D eigenvalue weighted by Gasteiger charge is -2.21. The number of ether oxygens (including phenoxy) is 1. The van der Waals surface area contributed by atoms with E-state index in [9.17, 15) is 4.79 Å². The monoisotopic (exact) mass is 175 g/mol. The van der Waals surface area contributed by atoms with E-state index in [0.29, 0.717) is 0 Å². The van der Waals surface area contributed by atoms with Gasteiger partial charge in [-0.3, -0.25) is 4.79 Å². The Hall–Kier alpha value is -0.750. The third-order valence-corrected chi connectivity index (χ3v) is 1.22. The summed E-state index contributed by atoms with van der Waals surface area (Å²) in [6, 6.07) is 1.80. The SMILES string of the molecule is CC(=O)OC(C#N)C(C)(C)Cl. The lowest BCUT2D eigenvalue weighted by atomic mass is 10.1. The molecule has 11 heavy (non-hydrogen) atoms. The largest absolute Gasteiger partial charge is 0.445 e. The Balaban J connectivity index is 4.22. The molecule has 0 rings (SSSR count). The first-order chi connectivity index (χ1) is 4.88. The van der Waals surface area contributed by atoms with Crippen LogP contribution in [-0.2, 0) is 9.53 Å². The van der Waals surface area contributed by atoms with E-state index in [2.05, 4.69) is 4.74 Å². The van der Waals surface area contributed by atoms with Crippen molar-refractivity contribution in [2.45, 2.75) is 31.7 Å². The topological polar surface area (TPSA) is 50.1 Å². The van der Waals surface area contributed by atoms with E-state index >= 15 is 0 Å². The van der Waals surface area contributed by atoms with Crippen LogP contribution in [0.15, 0.2) is 0 Å². The van der Waals surface area contributed by atoms with Gasteiger partial charge in [0.15, 0.2) is 0 Å². The van der Waals surface area contributed by atoms with E-state index in [-0.39, 0.29) is 0 Å². The standard InChI is InChI=1S/C7H10ClNO2/c1-5(10)11-6(4-9)7(2,3)8/h6H,1-3H3. The zero-order valence-electron chi connectivity index (χ0n) is 6.72. The van der Waals surface area contributed by atoms with Crippen molar-refractivity contribution in [3.63, 3.8) is 0 Å². The summed E-state index contributed by atoms with van der Waals surface area (Å²) in [7, 11) is 0. The van der Waals surface area contributed by atoms with Crippen LogP contribution in [0.5, 0.6) is 0 Å². The number of carbonyl (C=O) groups excluding carboxylic acids is 1. The molecule has 0 saturated carbocycles. The highest BCUT2D eigenvalue weighted by atomic mass is 35.5. The van der Waals surface area contributed by atoms with E-state index in [1.807, 2.05) is 0 Å². The molecule has 0 bridgehead atoms. The third-order valence-electron chi connectivity index (χ3n) is 1.02. The van der Waals surface area contributed by atoms with Gasteiger partial charge in [0, 0.05) is 6.92 Å². The summed E-state index contributed by atoms with van der Waals surface area (Å²) in [4.78, 5) is 9.59. The Morgan fingerprint density at radius 3 is 2.27 bits per heavy atom. The Bertz CT molecular complexity index is 190. The molecule has 0 aliphatic rings. The minimum atomic E-state index is -0.887. The van der Waals surface area contributed by atoms with E-state index in [1.54, 1.807) is 19.9 Å². The molecule has 0 amide bonds. The van der Waals surface area contributed by atoms with Crippen molar-refractivity contribution in [2.24, 2.45) is 0 Å². The summed E-state index contributed by atoms with van der Waals surface area (Å²) >= 11 is 5.74. The van der Waals surface area contributed by atoms with Crippen LogP contribution < -0.4 is 0 Å². The average molecular weight is 176 g/mol. The molecule has 4 heteroatoms. The van der Waals surface area contributed by atoms with Crippen molar-refractivity contribution >= 4 is 17.6 Å². The maximum absolute atomic E-state index is 10.4. The van der Waals surface area contributed by atoms with Crippen LogP contribution in [0.25, 0.3) is 0 Å². The van der Waals surface area contributed by atoms with Gasteiger partial charge in [-0.2, -0.15) is 5.26 Å². The molecule has 62 valence electrons. The molecular formula is C7H10ClNO2. The number of nitriles is 1. The van der Waals surface area contributed by atoms with Gasteiger partial charge in [-0.05, 0) is 13.8 Å². The van der Waals surface area contributed by atoms with Crippen LogP contribution in [0, 0.1) is 11.3 Å². The van der Waals surface area contributed by atoms with Crippen molar-refractivity contribution in [1.29, 1.82) is 5.26 Å². The Kier molecular flexibility index (Phi) is 3.34. The lowest BCUT2D eigenvalue weighted by molar-refractivity contribution is -0.144. The molecule has 0 fully saturated rings. The fourth-order valence-corrected chi connectivity index (χ4v) is 0.579. The molecule has 1 unspecified atom stereocenters. The van der Waals surface area contributed by atoms with Gasteiger partial charge < -0.3 is 4.74 Å². The van der Waals surface area contributed by atoms with E-state index in [4.69, 9.17) is 16.9 Å². The van der Waals surface area contributed by atoms with Crippen LogP contribution in [0.4, 0.5) is 0 Å². The summed E-state index contributed by atoms with van der Waals surface area (Å²) < 4.78 is 4.63. The van der Waals surface area contributed by atoms with Crippen LogP contribution in [0.1, 0.15) is 20.8 Å². The predicted molar refractivity (Wildman–Crippen MR) is 41.1 cm³/mol. The smallest absolute Gasteiger partial charge is 0.304 e. The number of hydrogen-bond acceptors (Lipinski definition) is 3. The second-order valence-corrected chi connectivity index (χ2v) is 3.66. The van der Waals surface area contributed by atoms with Gasteiger partial charge in [0.1, 0.15) is 6.07 Å².